The summed E-state index contributed by atoms with van der Waals surface area (Å²) in [6.45, 7) is 15.4. The smallest absolute Gasteiger partial charge is 0.227 e. The zero-order chi connectivity index (χ0) is 15.8. The van der Waals surface area contributed by atoms with Crippen LogP contribution in [0.1, 0.15) is 64.6 Å². The van der Waals surface area contributed by atoms with E-state index < -0.39 is 0 Å². The third-order valence-corrected chi connectivity index (χ3v) is 4.73. The van der Waals surface area contributed by atoms with Crippen molar-refractivity contribution in [1.29, 1.82) is 0 Å². The third-order valence-electron chi connectivity index (χ3n) is 4.73. The van der Waals surface area contributed by atoms with Crippen LogP contribution >= 0.6 is 0 Å². The molecule has 0 unspecified atom stereocenters. The molecule has 4 heteroatoms. The highest BCUT2D eigenvalue weighted by atomic mass is 15.3. The van der Waals surface area contributed by atoms with E-state index in [4.69, 9.17) is 10.7 Å². The first-order valence-electron chi connectivity index (χ1n) is 8.09. The van der Waals surface area contributed by atoms with E-state index in [9.17, 15) is 0 Å². The van der Waals surface area contributed by atoms with Gasteiger partial charge in [0, 0.05) is 24.3 Å². The van der Waals surface area contributed by atoms with Gasteiger partial charge in [0.15, 0.2) is 0 Å². The van der Waals surface area contributed by atoms with Crippen LogP contribution in [0.5, 0.6) is 0 Å². The van der Waals surface area contributed by atoms with Gasteiger partial charge in [0.2, 0.25) is 5.95 Å². The molecule has 0 aliphatic carbocycles. The van der Waals surface area contributed by atoms with Crippen LogP contribution in [0.4, 0.5) is 11.8 Å². The maximum Gasteiger partial charge on any atom is 0.227 e. The molecule has 1 fully saturated rings. The Bertz CT molecular complexity index is 471. The van der Waals surface area contributed by atoms with Crippen LogP contribution in [0, 0.1) is 18.3 Å². The highest BCUT2D eigenvalue weighted by Gasteiger charge is 2.30. The number of anilines is 2. The van der Waals surface area contributed by atoms with E-state index in [0.717, 1.165) is 36.2 Å². The standard InChI is InChI=1S/C17H30N4/c1-11(2)14-12(3)19-16(20-15(14)18)21-9-7-13(8-10-21)17(4,5)6/h11,13H,7-10H2,1-6H3,(H2,18,19,20). The number of nitrogens with zero attached hydrogens (tertiary/aromatic N) is 3. The normalized spacial score (nSPS) is 17.6. The van der Waals surface area contributed by atoms with Crippen LogP contribution in [-0.2, 0) is 0 Å². The fourth-order valence-corrected chi connectivity index (χ4v) is 3.39. The Labute approximate surface area is 129 Å². The van der Waals surface area contributed by atoms with E-state index in [1.165, 1.54) is 12.8 Å². The van der Waals surface area contributed by atoms with Crippen molar-refractivity contribution in [3.8, 4) is 0 Å². The van der Waals surface area contributed by atoms with E-state index >= 15 is 0 Å². The van der Waals surface area contributed by atoms with Crippen molar-refractivity contribution >= 4 is 11.8 Å². The predicted octanol–water partition coefficient (Wildman–Crippen LogP) is 3.75. The zero-order valence-corrected chi connectivity index (χ0v) is 14.4. The Hall–Kier alpha value is -1.32. The first kappa shape index (κ1) is 16.1. The van der Waals surface area contributed by atoms with Gasteiger partial charge in [0.25, 0.3) is 0 Å². The molecular formula is C17H30N4. The second-order valence-corrected chi connectivity index (χ2v) is 7.69. The van der Waals surface area contributed by atoms with E-state index in [1.54, 1.807) is 0 Å². The van der Waals surface area contributed by atoms with Crippen LogP contribution in [0.2, 0.25) is 0 Å². The number of piperidine rings is 1. The first-order valence-corrected chi connectivity index (χ1v) is 8.09. The van der Waals surface area contributed by atoms with Crippen LogP contribution < -0.4 is 10.6 Å². The van der Waals surface area contributed by atoms with E-state index in [2.05, 4.69) is 44.5 Å². The van der Waals surface area contributed by atoms with E-state index in [-0.39, 0.29) is 0 Å². The van der Waals surface area contributed by atoms with Crippen LogP contribution in [0.25, 0.3) is 0 Å². The molecule has 118 valence electrons. The summed E-state index contributed by atoms with van der Waals surface area (Å²) in [7, 11) is 0. The van der Waals surface area contributed by atoms with Gasteiger partial charge in [-0.3, -0.25) is 0 Å². The highest BCUT2D eigenvalue weighted by Crippen LogP contribution is 2.35. The Balaban J connectivity index is 2.15. The van der Waals surface area contributed by atoms with Crippen molar-refractivity contribution < 1.29 is 0 Å². The van der Waals surface area contributed by atoms with Crippen molar-refractivity contribution in [2.75, 3.05) is 23.7 Å². The number of nitrogens with two attached hydrogens (primary N) is 1. The summed E-state index contributed by atoms with van der Waals surface area (Å²) < 4.78 is 0. The fraction of sp³-hybridized carbons (Fsp3) is 0.765. The van der Waals surface area contributed by atoms with E-state index in [1.807, 2.05) is 6.92 Å². The lowest BCUT2D eigenvalue weighted by Crippen LogP contribution is -2.39. The Morgan fingerprint density at radius 3 is 2.14 bits per heavy atom. The van der Waals surface area contributed by atoms with Gasteiger partial charge in [0.1, 0.15) is 5.82 Å². The molecule has 1 saturated heterocycles. The summed E-state index contributed by atoms with van der Waals surface area (Å²) in [5.74, 6) is 2.60. The summed E-state index contributed by atoms with van der Waals surface area (Å²) in [6.07, 6.45) is 2.41. The van der Waals surface area contributed by atoms with Crippen molar-refractivity contribution in [3.63, 3.8) is 0 Å². The largest absolute Gasteiger partial charge is 0.383 e. The molecule has 2 heterocycles. The number of rotatable bonds is 2. The van der Waals surface area contributed by atoms with Gasteiger partial charge in [-0.15, -0.1) is 0 Å². The average Bonchev–Trinajstić information content (AvgIpc) is 2.36. The van der Waals surface area contributed by atoms with E-state index in [0.29, 0.717) is 17.2 Å². The number of hydrogen-bond acceptors (Lipinski definition) is 4. The van der Waals surface area contributed by atoms with Crippen molar-refractivity contribution in [3.05, 3.63) is 11.3 Å². The molecule has 0 bridgehead atoms. The maximum atomic E-state index is 6.15. The molecule has 0 atom stereocenters. The second-order valence-electron chi connectivity index (χ2n) is 7.69. The molecule has 0 spiro atoms. The van der Waals surface area contributed by atoms with Crippen molar-refractivity contribution in [1.82, 2.24) is 9.97 Å². The number of nitrogen functional groups attached to an aromatic ring is 1. The molecule has 1 aromatic rings. The summed E-state index contributed by atoms with van der Waals surface area (Å²) in [4.78, 5) is 11.5. The molecule has 0 aromatic carbocycles. The summed E-state index contributed by atoms with van der Waals surface area (Å²) in [6, 6.07) is 0. The summed E-state index contributed by atoms with van der Waals surface area (Å²) in [5.41, 5.74) is 8.65. The van der Waals surface area contributed by atoms with Gasteiger partial charge in [-0.25, -0.2) is 4.98 Å². The molecule has 1 aromatic heterocycles. The molecular weight excluding hydrogens is 260 g/mol. The number of aryl methyl sites for hydroxylation is 1. The Morgan fingerprint density at radius 1 is 1.14 bits per heavy atom. The lowest BCUT2D eigenvalue weighted by molar-refractivity contribution is 0.198. The van der Waals surface area contributed by atoms with Gasteiger partial charge in [-0.2, -0.15) is 4.98 Å². The molecule has 2 rings (SSSR count). The number of aromatic nitrogens is 2. The van der Waals surface area contributed by atoms with Crippen molar-refractivity contribution in [2.45, 2.75) is 60.3 Å². The van der Waals surface area contributed by atoms with Gasteiger partial charge >= 0.3 is 0 Å². The average molecular weight is 290 g/mol. The lowest BCUT2D eigenvalue weighted by atomic mass is 9.75. The monoisotopic (exact) mass is 290 g/mol. The predicted molar refractivity (Wildman–Crippen MR) is 89.7 cm³/mol. The second kappa shape index (κ2) is 5.82. The van der Waals surface area contributed by atoms with Crippen LogP contribution in [0.15, 0.2) is 0 Å². The topological polar surface area (TPSA) is 55.0 Å². The molecule has 4 nitrogen and oxygen atoms in total. The first-order chi connectivity index (χ1) is 9.70. The van der Waals surface area contributed by atoms with Crippen molar-refractivity contribution in [2.24, 2.45) is 11.3 Å². The zero-order valence-electron chi connectivity index (χ0n) is 14.4. The molecule has 21 heavy (non-hydrogen) atoms. The minimum Gasteiger partial charge on any atom is -0.383 e. The summed E-state index contributed by atoms with van der Waals surface area (Å²) >= 11 is 0. The molecule has 1 aliphatic rings. The molecule has 0 radical (unpaired) electrons. The maximum absolute atomic E-state index is 6.15. The van der Waals surface area contributed by atoms with Gasteiger partial charge in [-0.05, 0) is 37.0 Å². The lowest BCUT2D eigenvalue weighted by Gasteiger charge is -2.39. The fourth-order valence-electron chi connectivity index (χ4n) is 3.39. The molecule has 1 aliphatic heterocycles. The molecule has 2 N–H and O–H groups in total. The van der Waals surface area contributed by atoms with Crippen LogP contribution in [-0.4, -0.2) is 23.1 Å². The Kier molecular flexibility index (Phi) is 4.45. The van der Waals surface area contributed by atoms with Gasteiger partial charge < -0.3 is 10.6 Å². The van der Waals surface area contributed by atoms with Gasteiger partial charge in [-0.1, -0.05) is 34.6 Å². The third kappa shape index (κ3) is 3.47. The minimum absolute atomic E-state index is 0.366. The van der Waals surface area contributed by atoms with Crippen LogP contribution in [0.3, 0.4) is 0 Å². The quantitative estimate of drug-likeness (QED) is 0.901. The minimum atomic E-state index is 0.366. The summed E-state index contributed by atoms with van der Waals surface area (Å²) in [5, 5.41) is 0. The molecule has 0 amide bonds. The van der Waals surface area contributed by atoms with Gasteiger partial charge in [0.05, 0.1) is 0 Å². The SMILES string of the molecule is Cc1nc(N2CCC(C(C)(C)C)CC2)nc(N)c1C(C)C. The Morgan fingerprint density at radius 2 is 1.71 bits per heavy atom. The molecule has 0 saturated carbocycles. The number of hydrogen-bond donors (Lipinski definition) is 1. The highest BCUT2D eigenvalue weighted by molar-refractivity contribution is 5.49.